The number of hydrogen-bond donors (Lipinski definition) is 0. The summed E-state index contributed by atoms with van der Waals surface area (Å²) in [6, 6.07) is 79.6. The third kappa shape index (κ3) is 5.19. The van der Waals surface area contributed by atoms with Gasteiger partial charge in [-0.3, -0.25) is 0 Å². The number of para-hydroxylation sites is 3. The van der Waals surface area contributed by atoms with Crippen molar-refractivity contribution in [1.29, 1.82) is 0 Å². The highest BCUT2D eigenvalue weighted by molar-refractivity contribution is 6.18. The average molecular weight is 713 g/mol. The topological polar surface area (TPSA) is 8.17 Å². The van der Waals surface area contributed by atoms with Gasteiger partial charge in [-0.25, -0.2) is 0 Å². The Bertz CT molecular complexity index is 3250. The molecule has 0 spiro atoms. The first-order valence-corrected chi connectivity index (χ1v) is 19.3. The second-order valence-corrected chi connectivity index (χ2v) is 14.5. The monoisotopic (exact) mass is 712 g/mol. The minimum absolute atomic E-state index is 1.09. The molecule has 0 aliphatic heterocycles. The van der Waals surface area contributed by atoms with E-state index in [4.69, 9.17) is 0 Å². The number of anilines is 3. The van der Waals surface area contributed by atoms with Gasteiger partial charge in [-0.1, -0.05) is 170 Å². The van der Waals surface area contributed by atoms with Gasteiger partial charge in [0.1, 0.15) is 0 Å². The van der Waals surface area contributed by atoms with Crippen LogP contribution in [0.25, 0.3) is 82.1 Å². The molecule has 2 heteroatoms. The summed E-state index contributed by atoms with van der Waals surface area (Å²) in [6.07, 6.45) is 0. The average Bonchev–Trinajstić information content (AvgIpc) is 3.62. The highest BCUT2D eigenvalue weighted by atomic mass is 15.2. The maximum Gasteiger partial charge on any atom is 0.0782 e. The maximum atomic E-state index is 2.47. The van der Waals surface area contributed by atoms with Crippen molar-refractivity contribution < 1.29 is 0 Å². The van der Waals surface area contributed by atoms with Crippen LogP contribution in [-0.2, 0) is 0 Å². The quantitative estimate of drug-likeness (QED) is 0.156. The molecule has 262 valence electrons. The van der Waals surface area contributed by atoms with E-state index >= 15 is 0 Å². The molecule has 2 nitrogen and oxygen atoms in total. The van der Waals surface area contributed by atoms with Crippen molar-refractivity contribution in [2.75, 3.05) is 4.90 Å². The van der Waals surface area contributed by atoms with Crippen LogP contribution in [0.2, 0.25) is 0 Å². The maximum absolute atomic E-state index is 2.47. The standard InChI is InChI=1S/C54H36N2/c1-3-15-37(16-4-1)44-22-9-10-24-46(44)40-18-13-21-42(35-40)55(43-32-29-39-31-33-47-45-23-8-7-17-38(45)30-34-48(47)51(39)36-43)53-28-14-26-50-49-25-11-12-27-52(49)56(54(50)53)41-19-5-2-6-20-41/h1-36H. The van der Waals surface area contributed by atoms with E-state index in [2.05, 4.69) is 228 Å². The van der Waals surface area contributed by atoms with Crippen LogP contribution in [0.5, 0.6) is 0 Å². The lowest BCUT2D eigenvalue weighted by molar-refractivity contribution is 1.17. The highest BCUT2D eigenvalue weighted by Crippen LogP contribution is 2.46. The van der Waals surface area contributed by atoms with E-state index in [0.717, 1.165) is 22.7 Å². The zero-order valence-electron chi connectivity index (χ0n) is 30.7. The summed E-state index contributed by atoms with van der Waals surface area (Å²) in [5.74, 6) is 0. The first kappa shape index (κ1) is 32.0. The summed E-state index contributed by atoms with van der Waals surface area (Å²) in [4.78, 5) is 2.47. The van der Waals surface area contributed by atoms with Gasteiger partial charge < -0.3 is 9.47 Å². The van der Waals surface area contributed by atoms with Gasteiger partial charge in [-0.2, -0.15) is 0 Å². The molecule has 0 saturated carbocycles. The Balaban J connectivity index is 1.21. The Kier molecular flexibility index (Phi) is 7.53. The lowest BCUT2D eigenvalue weighted by Gasteiger charge is -2.28. The zero-order chi connectivity index (χ0) is 37.0. The molecule has 10 aromatic carbocycles. The summed E-state index contributed by atoms with van der Waals surface area (Å²) >= 11 is 0. The second kappa shape index (κ2) is 13.2. The van der Waals surface area contributed by atoms with Crippen molar-refractivity contribution in [2.24, 2.45) is 0 Å². The predicted octanol–water partition coefficient (Wildman–Crippen LogP) is 15.0. The molecule has 1 aromatic heterocycles. The minimum Gasteiger partial charge on any atom is -0.308 e. The van der Waals surface area contributed by atoms with Gasteiger partial charge in [-0.15, -0.1) is 0 Å². The van der Waals surface area contributed by atoms with Crippen LogP contribution in [0.1, 0.15) is 0 Å². The van der Waals surface area contributed by atoms with Crippen LogP contribution in [0, 0.1) is 0 Å². The molecule has 0 atom stereocenters. The molecule has 0 unspecified atom stereocenters. The molecule has 0 saturated heterocycles. The van der Waals surface area contributed by atoms with Crippen molar-refractivity contribution in [3.05, 3.63) is 218 Å². The third-order valence-electron chi connectivity index (χ3n) is 11.3. The fourth-order valence-corrected chi connectivity index (χ4v) is 8.82. The smallest absolute Gasteiger partial charge is 0.0782 e. The SMILES string of the molecule is c1ccc(-c2ccccc2-c2cccc(N(c3ccc4ccc5c6ccccc6ccc5c4c3)c3cccc4c5ccccc5n(-c5ccccc5)c34)c2)cc1. The lowest BCUT2D eigenvalue weighted by Crippen LogP contribution is -2.12. The number of hydrogen-bond acceptors (Lipinski definition) is 1. The fraction of sp³-hybridized carbons (Fsp3) is 0. The van der Waals surface area contributed by atoms with Crippen LogP contribution in [0.15, 0.2) is 218 Å². The Morgan fingerprint density at radius 3 is 1.71 bits per heavy atom. The van der Waals surface area contributed by atoms with E-state index in [1.54, 1.807) is 0 Å². The second-order valence-electron chi connectivity index (χ2n) is 14.5. The van der Waals surface area contributed by atoms with Gasteiger partial charge in [0.15, 0.2) is 0 Å². The minimum atomic E-state index is 1.09. The molecule has 11 rings (SSSR count). The molecule has 56 heavy (non-hydrogen) atoms. The van der Waals surface area contributed by atoms with Gasteiger partial charge in [0.05, 0.1) is 16.7 Å². The van der Waals surface area contributed by atoms with Crippen LogP contribution in [0.4, 0.5) is 17.1 Å². The molecule has 0 fully saturated rings. The molecule has 0 aliphatic rings. The summed E-state index contributed by atoms with van der Waals surface area (Å²) in [7, 11) is 0. The van der Waals surface area contributed by atoms with Crippen molar-refractivity contribution in [3.8, 4) is 27.9 Å². The number of aromatic nitrogens is 1. The van der Waals surface area contributed by atoms with Crippen LogP contribution in [-0.4, -0.2) is 4.57 Å². The highest BCUT2D eigenvalue weighted by Gasteiger charge is 2.22. The Labute approximate surface area is 325 Å². The van der Waals surface area contributed by atoms with Gasteiger partial charge in [0.2, 0.25) is 0 Å². The first-order chi connectivity index (χ1) is 27.8. The molecular weight excluding hydrogens is 677 g/mol. The van der Waals surface area contributed by atoms with E-state index in [0.29, 0.717) is 0 Å². The molecule has 0 bridgehead atoms. The van der Waals surface area contributed by atoms with Crippen molar-refractivity contribution in [3.63, 3.8) is 0 Å². The zero-order valence-corrected chi connectivity index (χ0v) is 30.7. The molecule has 0 aliphatic carbocycles. The molecule has 0 amide bonds. The molecule has 0 N–H and O–H groups in total. The summed E-state index contributed by atoms with van der Waals surface area (Å²) in [5, 5.41) is 9.96. The van der Waals surface area contributed by atoms with Gasteiger partial charge in [0.25, 0.3) is 0 Å². The van der Waals surface area contributed by atoms with Crippen molar-refractivity contribution >= 4 is 71.2 Å². The largest absolute Gasteiger partial charge is 0.308 e. The van der Waals surface area contributed by atoms with Gasteiger partial charge >= 0.3 is 0 Å². The molecular formula is C54H36N2. The molecule has 0 radical (unpaired) electrons. The molecule has 11 aromatic rings. The predicted molar refractivity (Wildman–Crippen MR) is 239 cm³/mol. The summed E-state index contributed by atoms with van der Waals surface area (Å²) < 4.78 is 2.43. The Hall–Kier alpha value is -7.42. The van der Waals surface area contributed by atoms with Crippen molar-refractivity contribution in [1.82, 2.24) is 4.57 Å². The van der Waals surface area contributed by atoms with Crippen LogP contribution >= 0.6 is 0 Å². The van der Waals surface area contributed by atoms with E-state index in [9.17, 15) is 0 Å². The lowest BCUT2D eigenvalue weighted by atomic mass is 9.94. The van der Waals surface area contributed by atoms with Crippen LogP contribution in [0.3, 0.4) is 0 Å². The number of rotatable bonds is 6. The van der Waals surface area contributed by atoms with Crippen molar-refractivity contribution in [2.45, 2.75) is 0 Å². The third-order valence-corrected chi connectivity index (χ3v) is 11.3. The molecule has 1 heterocycles. The van der Waals surface area contributed by atoms with E-state index in [-0.39, 0.29) is 0 Å². The number of benzene rings is 10. The van der Waals surface area contributed by atoms with Crippen LogP contribution < -0.4 is 4.90 Å². The van der Waals surface area contributed by atoms with Gasteiger partial charge in [0, 0.05) is 27.8 Å². The number of nitrogens with zero attached hydrogens (tertiary/aromatic N) is 2. The summed E-state index contributed by atoms with van der Waals surface area (Å²) in [6.45, 7) is 0. The first-order valence-electron chi connectivity index (χ1n) is 19.3. The Morgan fingerprint density at radius 2 is 0.893 bits per heavy atom. The Morgan fingerprint density at radius 1 is 0.321 bits per heavy atom. The van der Waals surface area contributed by atoms with E-state index in [1.165, 1.54) is 76.4 Å². The summed E-state index contributed by atoms with van der Waals surface area (Å²) in [5.41, 5.74) is 11.6. The number of fused-ring (bicyclic) bond motifs is 8. The van der Waals surface area contributed by atoms with E-state index < -0.39 is 0 Å². The fourth-order valence-electron chi connectivity index (χ4n) is 8.82. The normalized spacial score (nSPS) is 11.6. The van der Waals surface area contributed by atoms with Gasteiger partial charge in [-0.05, 0) is 103 Å². The van der Waals surface area contributed by atoms with E-state index in [1.807, 2.05) is 0 Å².